The van der Waals surface area contributed by atoms with Gasteiger partial charge in [0.15, 0.2) is 0 Å². The summed E-state index contributed by atoms with van der Waals surface area (Å²) >= 11 is 0. The van der Waals surface area contributed by atoms with E-state index in [4.69, 9.17) is 4.74 Å². The van der Waals surface area contributed by atoms with Crippen molar-refractivity contribution in [2.45, 2.75) is 46.2 Å². The van der Waals surface area contributed by atoms with Crippen LogP contribution in [0.1, 0.15) is 34.1 Å². The summed E-state index contributed by atoms with van der Waals surface area (Å²) in [6, 6.07) is 1.06. The molecule has 0 aromatic carbocycles. The maximum atomic E-state index is 5.24. The van der Waals surface area contributed by atoms with Crippen LogP contribution in [0.2, 0.25) is 0 Å². The molecule has 0 heterocycles. The molecule has 0 saturated heterocycles. The van der Waals surface area contributed by atoms with Crippen molar-refractivity contribution >= 4 is 0 Å². The Morgan fingerprint density at radius 3 is 2.33 bits per heavy atom. The van der Waals surface area contributed by atoms with Gasteiger partial charge in [-0.2, -0.15) is 0 Å². The van der Waals surface area contributed by atoms with Gasteiger partial charge in [-0.3, -0.25) is 4.90 Å². The molecule has 0 bridgehead atoms. The van der Waals surface area contributed by atoms with Crippen LogP contribution >= 0.6 is 0 Å². The highest BCUT2D eigenvalue weighted by atomic mass is 16.5. The fourth-order valence-corrected chi connectivity index (χ4v) is 1.71. The van der Waals surface area contributed by atoms with Crippen LogP contribution < -0.4 is 5.32 Å². The van der Waals surface area contributed by atoms with Crippen LogP contribution in [-0.4, -0.2) is 50.3 Å². The maximum Gasteiger partial charge on any atom is 0.0628 e. The predicted octanol–water partition coefficient (Wildman–Crippen LogP) is 1.73. The van der Waals surface area contributed by atoms with Crippen molar-refractivity contribution in [1.82, 2.24) is 10.2 Å². The molecule has 3 heteroatoms. The van der Waals surface area contributed by atoms with Crippen molar-refractivity contribution in [2.24, 2.45) is 0 Å². The molecular weight excluding hydrogens is 188 g/mol. The number of methoxy groups -OCH3 is 1. The number of ether oxygens (including phenoxy) is 1. The van der Waals surface area contributed by atoms with Crippen LogP contribution in [0.4, 0.5) is 0 Å². The Morgan fingerprint density at radius 2 is 1.93 bits per heavy atom. The van der Waals surface area contributed by atoms with Crippen LogP contribution in [0.15, 0.2) is 0 Å². The van der Waals surface area contributed by atoms with E-state index in [0.29, 0.717) is 12.1 Å². The van der Waals surface area contributed by atoms with Crippen molar-refractivity contribution in [3.8, 4) is 0 Å². The van der Waals surface area contributed by atoms with Crippen LogP contribution in [-0.2, 0) is 4.74 Å². The summed E-state index contributed by atoms with van der Waals surface area (Å²) in [7, 11) is 1.77. The fourth-order valence-electron chi connectivity index (χ4n) is 1.71. The summed E-state index contributed by atoms with van der Waals surface area (Å²) in [4.78, 5) is 2.46. The zero-order valence-electron chi connectivity index (χ0n) is 11.0. The van der Waals surface area contributed by atoms with E-state index >= 15 is 0 Å². The Balaban J connectivity index is 3.99. The number of likely N-dealkylation sites (N-methyl/N-ethyl adjacent to an activating group) is 1. The smallest absolute Gasteiger partial charge is 0.0628 e. The van der Waals surface area contributed by atoms with Gasteiger partial charge in [-0.05, 0) is 33.4 Å². The van der Waals surface area contributed by atoms with E-state index in [1.807, 2.05) is 0 Å². The lowest BCUT2D eigenvalue weighted by Crippen LogP contribution is -2.46. The van der Waals surface area contributed by atoms with E-state index in [0.717, 1.165) is 26.2 Å². The van der Waals surface area contributed by atoms with Gasteiger partial charge >= 0.3 is 0 Å². The summed E-state index contributed by atoms with van der Waals surface area (Å²) < 4.78 is 5.24. The summed E-state index contributed by atoms with van der Waals surface area (Å²) in [5.41, 5.74) is 0. The minimum atomic E-state index is 0.456. The summed E-state index contributed by atoms with van der Waals surface area (Å²) in [6.45, 7) is 12.9. The fraction of sp³-hybridized carbons (Fsp3) is 1.00. The third-order valence-corrected chi connectivity index (χ3v) is 2.64. The normalized spacial score (nSPS) is 13.8. The van der Waals surface area contributed by atoms with Gasteiger partial charge < -0.3 is 10.1 Å². The summed E-state index contributed by atoms with van der Waals surface area (Å²) in [5.74, 6) is 0. The molecule has 0 aliphatic rings. The molecule has 0 aliphatic heterocycles. The number of rotatable bonds is 9. The van der Waals surface area contributed by atoms with E-state index in [2.05, 4.69) is 37.9 Å². The number of nitrogens with zero attached hydrogens (tertiary/aromatic N) is 1. The van der Waals surface area contributed by atoms with Gasteiger partial charge in [-0.1, -0.05) is 13.8 Å². The molecule has 1 atom stereocenters. The molecule has 1 N–H and O–H groups in total. The molecule has 0 aromatic rings. The predicted molar refractivity (Wildman–Crippen MR) is 66.3 cm³/mol. The van der Waals surface area contributed by atoms with Gasteiger partial charge in [0.05, 0.1) is 6.61 Å². The van der Waals surface area contributed by atoms with Gasteiger partial charge in [-0.25, -0.2) is 0 Å². The van der Waals surface area contributed by atoms with Gasteiger partial charge in [0.2, 0.25) is 0 Å². The molecule has 92 valence electrons. The molecule has 0 aliphatic carbocycles. The van der Waals surface area contributed by atoms with E-state index in [-0.39, 0.29) is 0 Å². The van der Waals surface area contributed by atoms with Crippen LogP contribution in [0, 0.1) is 0 Å². The summed E-state index contributed by atoms with van der Waals surface area (Å²) in [5, 5.41) is 3.52. The van der Waals surface area contributed by atoms with E-state index in [1.165, 1.54) is 6.42 Å². The van der Waals surface area contributed by atoms with Gasteiger partial charge in [-0.15, -0.1) is 0 Å². The zero-order chi connectivity index (χ0) is 11.7. The lowest BCUT2D eigenvalue weighted by atomic mass is 10.2. The first-order chi connectivity index (χ1) is 7.15. The Kier molecular flexibility index (Phi) is 9.06. The first-order valence-electron chi connectivity index (χ1n) is 6.12. The quantitative estimate of drug-likeness (QED) is 0.635. The molecule has 15 heavy (non-hydrogen) atoms. The Bertz CT molecular complexity index is 140. The molecule has 0 spiro atoms. The van der Waals surface area contributed by atoms with Crippen molar-refractivity contribution < 1.29 is 4.74 Å². The molecule has 0 amide bonds. The van der Waals surface area contributed by atoms with Crippen molar-refractivity contribution in [1.29, 1.82) is 0 Å². The minimum absolute atomic E-state index is 0.456. The highest BCUT2D eigenvalue weighted by molar-refractivity contribution is 4.73. The molecule has 0 fully saturated rings. The van der Waals surface area contributed by atoms with E-state index < -0.39 is 0 Å². The third-order valence-electron chi connectivity index (χ3n) is 2.64. The van der Waals surface area contributed by atoms with Gasteiger partial charge in [0.1, 0.15) is 0 Å². The van der Waals surface area contributed by atoms with E-state index in [1.54, 1.807) is 7.11 Å². The first kappa shape index (κ1) is 14.9. The van der Waals surface area contributed by atoms with Crippen LogP contribution in [0.3, 0.4) is 0 Å². The largest absolute Gasteiger partial charge is 0.383 e. The molecule has 0 radical (unpaired) electrons. The first-order valence-corrected chi connectivity index (χ1v) is 6.12. The minimum Gasteiger partial charge on any atom is -0.383 e. The lowest BCUT2D eigenvalue weighted by molar-refractivity contribution is 0.128. The topological polar surface area (TPSA) is 24.5 Å². The average molecular weight is 216 g/mol. The van der Waals surface area contributed by atoms with Crippen molar-refractivity contribution in [2.75, 3.05) is 33.4 Å². The average Bonchev–Trinajstić information content (AvgIpc) is 2.21. The molecular formula is C12H28N2O. The number of nitrogens with one attached hydrogen (secondary N) is 1. The summed E-state index contributed by atoms with van der Waals surface area (Å²) in [6.07, 6.45) is 1.17. The lowest BCUT2D eigenvalue weighted by Gasteiger charge is -2.29. The highest BCUT2D eigenvalue weighted by Gasteiger charge is 2.14. The van der Waals surface area contributed by atoms with Gasteiger partial charge in [0.25, 0.3) is 0 Å². The van der Waals surface area contributed by atoms with E-state index in [9.17, 15) is 0 Å². The molecule has 3 nitrogen and oxygen atoms in total. The van der Waals surface area contributed by atoms with Crippen molar-refractivity contribution in [3.63, 3.8) is 0 Å². The monoisotopic (exact) mass is 216 g/mol. The molecule has 0 aromatic heterocycles. The Morgan fingerprint density at radius 1 is 1.27 bits per heavy atom. The highest BCUT2D eigenvalue weighted by Crippen LogP contribution is 2.00. The molecule has 0 rings (SSSR count). The second-order valence-electron chi connectivity index (χ2n) is 4.29. The van der Waals surface area contributed by atoms with Crippen LogP contribution in [0.25, 0.3) is 0 Å². The maximum absolute atomic E-state index is 5.24. The number of hydrogen-bond donors (Lipinski definition) is 1. The SMILES string of the molecule is CCCNC(COC)CN(CC)C(C)C. The standard InChI is InChI=1S/C12H28N2O/c1-6-8-13-12(10-15-5)9-14(7-2)11(3)4/h11-13H,6-10H2,1-5H3. The van der Waals surface area contributed by atoms with Crippen molar-refractivity contribution in [3.05, 3.63) is 0 Å². The molecule has 1 unspecified atom stereocenters. The Labute approximate surface area is 95.2 Å². The number of hydrogen-bond acceptors (Lipinski definition) is 3. The van der Waals surface area contributed by atoms with Gasteiger partial charge in [0, 0.05) is 25.7 Å². The second-order valence-corrected chi connectivity index (χ2v) is 4.29. The zero-order valence-corrected chi connectivity index (χ0v) is 11.0. The molecule has 0 saturated carbocycles. The second kappa shape index (κ2) is 9.13. The third kappa shape index (κ3) is 6.88. The van der Waals surface area contributed by atoms with Crippen LogP contribution in [0.5, 0.6) is 0 Å². The Hall–Kier alpha value is -0.120.